The van der Waals surface area contributed by atoms with Crippen molar-refractivity contribution in [3.05, 3.63) is 46.6 Å². The molecule has 122 valence electrons. The van der Waals surface area contributed by atoms with Gasteiger partial charge in [-0.2, -0.15) is 13.2 Å². The first-order chi connectivity index (χ1) is 10.8. The van der Waals surface area contributed by atoms with E-state index in [4.69, 9.17) is 16.3 Å². The summed E-state index contributed by atoms with van der Waals surface area (Å²) in [5.41, 5.74) is -0.834. The molecule has 2 aromatic heterocycles. The summed E-state index contributed by atoms with van der Waals surface area (Å²) in [5.74, 6) is -0.0526. The minimum Gasteiger partial charge on any atom is -0.421 e. The van der Waals surface area contributed by atoms with Gasteiger partial charge in [0.05, 0.1) is 10.9 Å². The molecule has 0 saturated heterocycles. The van der Waals surface area contributed by atoms with Gasteiger partial charge >= 0.3 is 6.18 Å². The Bertz CT molecular complexity index is 819. The predicted molar refractivity (Wildman–Crippen MR) is 82.5 cm³/mol. The molecule has 2 heterocycles. The lowest BCUT2D eigenvalue weighted by atomic mass is 10.2. The Morgan fingerprint density at radius 3 is 2.61 bits per heavy atom. The fourth-order valence-corrected chi connectivity index (χ4v) is 2.03. The zero-order valence-electron chi connectivity index (χ0n) is 12.5. The molecule has 0 N–H and O–H groups in total. The van der Waals surface area contributed by atoms with Gasteiger partial charge in [0.15, 0.2) is 0 Å². The first kappa shape index (κ1) is 17.3. The molecule has 2 aromatic rings. The molecule has 23 heavy (non-hydrogen) atoms. The largest absolute Gasteiger partial charge is 0.421 e. The third-order valence-corrected chi connectivity index (χ3v) is 3.50. The normalized spacial score (nSPS) is 13.9. The molecule has 0 unspecified atom stereocenters. The molecule has 0 aliphatic carbocycles. The molecule has 0 fully saturated rings. The fourth-order valence-electron chi connectivity index (χ4n) is 1.88. The van der Waals surface area contributed by atoms with Crippen molar-refractivity contribution >= 4 is 22.7 Å². The van der Waals surface area contributed by atoms with Crippen molar-refractivity contribution < 1.29 is 17.9 Å². The van der Waals surface area contributed by atoms with Crippen molar-refractivity contribution in [3.8, 4) is 11.8 Å². The molecule has 0 spiro atoms. The summed E-state index contributed by atoms with van der Waals surface area (Å²) < 4.78 is 43.4. The monoisotopic (exact) mass is 342 g/mol. The molecule has 7 heteroatoms. The lowest BCUT2D eigenvalue weighted by molar-refractivity contribution is -0.137. The number of ether oxygens (including phenoxy) is 1. The second-order valence-corrected chi connectivity index (χ2v) is 5.07. The molecule has 0 radical (unpaired) electrons. The van der Waals surface area contributed by atoms with Crippen molar-refractivity contribution in [3.63, 3.8) is 0 Å². The highest BCUT2D eigenvalue weighted by Gasteiger charge is 2.31. The van der Waals surface area contributed by atoms with Crippen LogP contribution >= 0.6 is 11.6 Å². The third kappa shape index (κ3) is 4.22. The number of hydrogen-bond acceptors (Lipinski definition) is 3. The van der Waals surface area contributed by atoms with Crippen molar-refractivity contribution in [2.45, 2.75) is 26.4 Å². The Balaban J connectivity index is 2.43. The van der Waals surface area contributed by atoms with Gasteiger partial charge in [-0.1, -0.05) is 24.6 Å². The highest BCUT2D eigenvalue weighted by Crippen LogP contribution is 2.31. The van der Waals surface area contributed by atoms with Crippen molar-refractivity contribution in [1.29, 1.82) is 0 Å². The van der Waals surface area contributed by atoms with Crippen LogP contribution in [0.1, 0.15) is 25.8 Å². The second-order valence-electron chi connectivity index (χ2n) is 4.62. The first-order valence-corrected chi connectivity index (χ1v) is 7.26. The Labute approximate surface area is 136 Å². The fraction of sp³-hybridized carbons (Fsp3) is 0.250. The minimum absolute atomic E-state index is 0.129. The van der Waals surface area contributed by atoms with Gasteiger partial charge < -0.3 is 4.74 Å². The first-order valence-electron chi connectivity index (χ1n) is 6.88. The van der Waals surface area contributed by atoms with E-state index in [1.54, 1.807) is 12.1 Å². The van der Waals surface area contributed by atoms with Crippen LogP contribution in [0.4, 0.5) is 13.2 Å². The van der Waals surface area contributed by atoms with Gasteiger partial charge in [0, 0.05) is 23.4 Å². The van der Waals surface area contributed by atoms with E-state index < -0.39 is 11.7 Å². The van der Waals surface area contributed by atoms with Crippen LogP contribution in [0.2, 0.25) is 0 Å². The summed E-state index contributed by atoms with van der Waals surface area (Å²) in [6, 6.07) is 5.00. The Morgan fingerprint density at radius 2 is 2.00 bits per heavy atom. The van der Waals surface area contributed by atoms with Crippen LogP contribution in [0.3, 0.4) is 0 Å². The van der Waals surface area contributed by atoms with E-state index in [1.807, 2.05) is 19.9 Å². The van der Waals surface area contributed by atoms with E-state index in [0.29, 0.717) is 16.8 Å². The molecule has 0 amide bonds. The Morgan fingerprint density at radius 1 is 1.26 bits per heavy atom. The number of aromatic nitrogens is 2. The van der Waals surface area contributed by atoms with Crippen molar-refractivity contribution in [2.24, 2.45) is 0 Å². The Kier molecular flexibility index (Phi) is 5.26. The van der Waals surface area contributed by atoms with Gasteiger partial charge in [0.1, 0.15) is 0 Å². The molecule has 0 aromatic carbocycles. The summed E-state index contributed by atoms with van der Waals surface area (Å²) in [6.45, 7) is 3.72. The number of halogens is 4. The second kappa shape index (κ2) is 7.00. The van der Waals surface area contributed by atoms with Crippen LogP contribution in [0.25, 0.3) is 11.1 Å². The van der Waals surface area contributed by atoms with Crippen molar-refractivity contribution in [2.75, 3.05) is 0 Å². The number of nitrogens with zero attached hydrogens (tertiary/aromatic N) is 2. The van der Waals surface area contributed by atoms with Crippen LogP contribution in [0.5, 0.6) is 11.8 Å². The summed E-state index contributed by atoms with van der Waals surface area (Å²) >= 11 is 6.15. The lowest BCUT2D eigenvalue weighted by Crippen LogP contribution is -2.29. The van der Waals surface area contributed by atoms with Crippen LogP contribution in [0.15, 0.2) is 30.5 Å². The van der Waals surface area contributed by atoms with Crippen LogP contribution in [0, 0.1) is 0 Å². The van der Waals surface area contributed by atoms with Gasteiger partial charge in [-0.15, -0.1) is 0 Å². The van der Waals surface area contributed by atoms with Gasteiger partial charge in [0.25, 0.3) is 0 Å². The topological polar surface area (TPSA) is 35.0 Å². The molecule has 0 aliphatic rings. The quantitative estimate of drug-likeness (QED) is 0.850. The van der Waals surface area contributed by atoms with E-state index >= 15 is 0 Å². The van der Waals surface area contributed by atoms with Gasteiger partial charge in [-0.3, -0.25) is 0 Å². The third-order valence-electron chi connectivity index (χ3n) is 3.05. The SMILES string of the molecule is C/C=c1/ccc(Oc2cc(C(F)(F)F)ccn2)n/c1=C(\Cl)CC. The molecule has 0 aliphatic heterocycles. The van der Waals surface area contributed by atoms with E-state index in [9.17, 15) is 13.2 Å². The number of rotatable bonds is 3. The average Bonchev–Trinajstić information content (AvgIpc) is 2.53. The predicted octanol–water partition coefficient (Wildman–Crippen LogP) is 3.85. The smallest absolute Gasteiger partial charge is 0.416 e. The average molecular weight is 343 g/mol. The molecule has 0 bridgehead atoms. The van der Waals surface area contributed by atoms with Crippen molar-refractivity contribution in [1.82, 2.24) is 9.97 Å². The summed E-state index contributed by atoms with van der Waals surface area (Å²) in [6.07, 6.45) is -0.994. The number of hydrogen-bond donors (Lipinski definition) is 0. The van der Waals surface area contributed by atoms with Gasteiger partial charge in [0.2, 0.25) is 11.8 Å². The zero-order valence-corrected chi connectivity index (χ0v) is 13.2. The van der Waals surface area contributed by atoms with E-state index in [-0.39, 0.29) is 11.8 Å². The van der Waals surface area contributed by atoms with Gasteiger partial charge in [-0.25, -0.2) is 9.97 Å². The molecule has 0 saturated carbocycles. The molecular formula is C16H14ClF3N2O. The number of pyridine rings is 2. The van der Waals surface area contributed by atoms with E-state index in [0.717, 1.165) is 23.5 Å². The van der Waals surface area contributed by atoms with Crippen LogP contribution < -0.4 is 15.3 Å². The maximum atomic E-state index is 12.7. The summed E-state index contributed by atoms with van der Waals surface area (Å²) in [7, 11) is 0. The summed E-state index contributed by atoms with van der Waals surface area (Å²) in [4.78, 5) is 8.03. The van der Waals surface area contributed by atoms with Crippen LogP contribution in [-0.4, -0.2) is 9.97 Å². The number of alkyl halides is 3. The standard InChI is InChI=1S/C16H14ClF3N2O/c1-3-10-5-6-13(22-15(10)12(17)4-2)23-14-9-11(7-8-21-14)16(18,19)20/h3,5-9H,4H2,1-2H3/b10-3-,15-12-. The molecule has 2 rings (SSSR count). The molecule has 0 atom stereocenters. The minimum atomic E-state index is -4.46. The van der Waals surface area contributed by atoms with E-state index in [2.05, 4.69) is 9.97 Å². The molecular weight excluding hydrogens is 329 g/mol. The molecule has 3 nitrogen and oxygen atoms in total. The summed E-state index contributed by atoms with van der Waals surface area (Å²) in [5, 5.41) is 1.91. The maximum Gasteiger partial charge on any atom is 0.416 e. The van der Waals surface area contributed by atoms with Gasteiger partial charge in [-0.05, 0) is 30.7 Å². The maximum absolute atomic E-state index is 12.7. The highest BCUT2D eigenvalue weighted by molar-refractivity contribution is 6.44. The lowest BCUT2D eigenvalue weighted by Gasteiger charge is -2.08. The van der Waals surface area contributed by atoms with E-state index in [1.165, 1.54) is 0 Å². The highest BCUT2D eigenvalue weighted by atomic mass is 35.5. The Hall–Kier alpha value is -2.08. The zero-order chi connectivity index (χ0) is 17.0. The van der Waals surface area contributed by atoms with Crippen LogP contribution in [-0.2, 0) is 6.18 Å².